The fraction of sp³-hybridized carbons (Fsp3) is 0.933. The average molecular weight is 270 g/mol. The molecule has 4 nitrogen and oxygen atoms in total. The van der Waals surface area contributed by atoms with Crippen LogP contribution in [0.25, 0.3) is 0 Å². The molecule has 19 heavy (non-hydrogen) atoms. The number of aliphatic hydroxyl groups excluding tert-OH is 1. The quantitative estimate of drug-likeness (QED) is 0.747. The summed E-state index contributed by atoms with van der Waals surface area (Å²) >= 11 is 0. The molecule has 1 unspecified atom stereocenters. The summed E-state index contributed by atoms with van der Waals surface area (Å²) in [7, 11) is 0. The summed E-state index contributed by atoms with van der Waals surface area (Å²) in [6.45, 7) is 7.01. The van der Waals surface area contributed by atoms with Crippen LogP contribution in [0.2, 0.25) is 0 Å². The third kappa shape index (κ3) is 5.81. The molecule has 1 saturated heterocycles. The smallest absolute Gasteiger partial charge is 0.317 e. The van der Waals surface area contributed by atoms with E-state index in [1.807, 2.05) is 4.90 Å². The molecule has 1 rings (SSSR count). The minimum atomic E-state index is 0.0753. The number of nitrogens with zero attached hydrogens (tertiary/aromatic N) is 1. The fourth-order valence-electron chi connectivity index (χ4n) is 2.61. The highest BCUT2D eigenvalue weighted by atomic mass is 16.3. The maximum Gasteiger partial charge on any atom is 0.317 e. The van der Waals surface area contributed by atoms with Crippen molar-refractivity contribution >= 4 is 6.03 Å². The predicted octanol–water partition coefficient (Wildman–Crippen LogP) is 2.62. The second-order valence-corrected chi connectivity index (χ2v) is 5.72. The normalized spacial score (nSPS) is 18.4. The van der Waals surface area contributed by atoms with E-state index in [1.54, 1.807) is 0 Å². The largest absolute Gasteiger partial charge is 0.396 e. The highest BCUT2D eigenvalue weighted by Crippen LogP contribution is 2.16. The molecule has 1 aliphatic heterocycles. The second-order valence-electron chi connectivity index (χ2n) is 5.72. The zero-order valence-corrected chi connectivity index (χ0v) is 12.5. The van der Waals surface area contributed by atoms with Gasteiger partial charge in [-0.3, -0.25) is 0 Å². The van der Waals surface area contributed by atoms with Crippen LogP contribution in [0.5, 0.6) is 0 Å². The molecule has 0 aromatic heterocycles. The molecule has 0 radical (unpaired) electrons. The van der Waals surface area contributed by atoms with E-state index < -0.39 is 0 Å². The predicted molar refractivity (Wildman–Crippen MR) is 78.1 cm³/mol. The zero-order valence-electron chi connectivity index (χ0n) is 12.5. The van der Waals surface area contributed by atoms with Crippen molar-refractivity contribution in [3.63, 3.8) is 0 Å². The molecule has 0 bridgehead atoms. The zero-order chi connectivity index (χ0) is 14.1. The summed E-state index contributed by atoms with van der Waals surface area (Å²) in [6.07, 6.45) is 6.66. The van der Waals surface area contributed by atoms with E-state index in [0.29, 0.717) is 11.8 Å². The molecule has 0 aliphatic carbocycles. The molecule has 2 N–H and O–H groups in total. The summed E-state index contributed by atoms with van der Waals surface area (Å²) in [5, 5.41) is 12.2. The third-order valence-corrected chi connectivity index (χ3v) is 4.25. The van der Waals surface area contributed by atoms with E-state index in [-0.39, 0.29) is 12.6 Å². The molecule has 0 aromatic rings. The monoisotopic (exact) mass is 270 g/mol. The Hall–Kier alpha value is -0.770. The average Bonchev–Trinajstić information content (AvgIpc) is 2.47. The van der Waals surface area contributed by atoms with Crippen molar-refractivity contribution in [2.75, 3.05) is 26.2 Å². The first-order valence-corrected chi connectivity index (χ1v) is 7.84. The van der Waals surface area contributed by atoms with Crippen molar-refractivity contribution in [1.82, 2.24) is 10.2 Å². The number of aliphatic hydroxyl groups is 1. The van der Waals surface area contributed by atoms with Gasteiger partial charge in [-0.15, -0.1) is 0 Å². The lowest BCUT2D eigenvalue weighted by Crippen LogP contribution is -2.46. The Morgan fingerprint density at radius 3 is 2.58 bits per heavy atom. The van der Waals surface area contributed by atoms with Crippen molar-refractivity contribution in [2.24, 2.45) is 11.8 Å². The number of rotatable bonds is 7. The Kier molecular flexibility index (Phi) is 7.87. The summed E-state index contributed by atoms with van der Waals surface area (Å²) in [4.78, 5) is 13.9. The molecule has 112 valence electrons. The van der Waals surface area contributed by atoms with Gasteiger partial charge in [0.25, 0.3) is 0 Å². The van der Waals surface area contributed by atoms with E-state index in [2.05, 4.69) is 19.2 Å². The van der Waals surface area contributed by atoms with E-state index >= 15 is 0 Å². The van der Waals surface area contributed by atoms with Crippen molar-refractivity contribution in [1.29, 1.82) is 0 Å². The number of carbonyl (C=O) groups is 1. The van der Waals surface area contributed by atoms with Gasteiger partial charge in [-0.2, -0.15) is 0 Å². The van der Waals surface area contributed by atoms with E-state index in [0.717, 1.165) is 38.9 Å². The van der Waals surface area contributed by atoms with Gasteiger partial charge in [0.05, 0.1) is 0 Å². The summed E-state index contributed by atoms with van der Waals surface area (Å²) in [5.74, 6) is 0.996. The molecule has 0 saturated carbocycles. The number of amides is 2. The van der Waals surface area contributed by atoms with Gasteiger partial charge >= 0.3 is 6.03 Å². The van der Waals surface area contributed by atoms with Gasteiger partial charge in [0, 0.05) is 26.2 Å². The highest BCUT2D eigenvalue weighted by Gasteiger charge is 2.22. The number of unbranched alkanes of at least 4 members (excludes halogenated alkanes) is 1. The highest BCUT2D eigenvalue weighted by molar-refractivity contribution is 5.74. The summed E-state index contributed by atoms with van der Waals surface area (Å²) < 4.78 is 0. The summed E-state index contributed by atoms with van der Waals surface area (Å²) in [5.41, 5.74) is 0. The van der Waals surface area contributed by atoms with Gasteiger partial charge in [-0.1, -0.05) is 33.1 Å². The molecule has 1 fully saturated rings. The molecule has 1 aliphatic rings. The van der Waals surface area contributed by atoms with Gasteiger partial charge in [-0.05, 0) is 31.1 Å². The summed E-state index contributed by atoms with van der Waals surface area (Å²) in [6, 6.07) is 0.0753. The first kappa shape index (κ1) is 16.3. The topological polar surface area (TPSA) is 52.6 Å². The fourth-order valence-corrected chi connectivity index (χ4v) is 2.61. The Morgan fingerprint density at radius 1 is 1.37 bits per heavy atom. The SMILES string of the molecule is CCCCC(CC)CNC(=O)N1CCC(CO)CC1. The van der Waals surface area contributed by atoms with Crippen LogP contribution in [-0.2, 0) is 0 Å². The Bertz CT molecular complexity index is 251. The molecule has 1 atom stereocenters. The van der Waals surface area contributed by atoms with Crippen LogP contribution in [0.4, 0.5) is 4.79 Å². The number of urea groups is 1. The molecule has 1 heterocycles. The maximum atomic E-state index is 12.0. The Labute approximate surface area is 117 Å². The van der Waals surface area contributed by atoms with Gasteiger partial charge in [0.2, 0.25) is 0 Å². The van der Waals surface area contributed by atoms with E-state index in [9.17, 15) is 4.79 Å². The van der Waals surface area contributed by atoms with E-state index in [1.165, 1.54) is 19.3 Å². The third-order valence-electron chi connectivity index (χ3n) is 4.25. The molecule has 0 spiro atoms. The van der Waals surface area contributed by atoms with Crippen molar-refractivity contribution in [3.8, 4) is 0 Å². The molecular formula is C15H30N2O2. The van der Waals surface area contributed by atoms with Crippen molar-refractivity contribution < 1.29 is 9.90 Å². The maximum absolute atomic E-state index is 12.0. The molecule has 4 heteroatoms. The number of likely N-dealkylation sites (tertiary alicyclic amines) is 1. The van der Waals surface area contributed by atoms with Gasteiger partial charge in [0.1, 0.15) is 0 Å². The molecular weight excluding hydrogens is 240 g/mol. The minimum Gasteiger partial charge on any atom is -0.396 e. The Morgan fingerprint density at radius 2 is 2.05 bits per heavy atom. The van der Waals surface area contributed by atoms with E-state index in [4.69, 9.17) is 5.11 Å². The Balaban J connectivity index is 2.23. The van der Waals surface area contributed by atoms with Gasteiger partial charge in [-0.25, -0.2) is 4.79 Å². The van der Waals surface area contributed by atoms with Gasteiger partial charge in [0.15, 0.2) is 0 Å². The van der Waals surface area contributed by atoms with Crippen molar-refractivity contribution in [3.05, 3.63) is 0 Å². The molecule has 2 amide bonds. The molecule has 0 aromatic carbocycles. The van der Waals surface area contributed by atoms with Crippen LogP contribution in [0.3, 0.4) is 0 Å². The number of hydrogen-bond acceptors (Lipinski definition) is 2. The number of carbonyl (C=O) groups excluding carboxylic acids is 1. The van der Waals surface area contributed by atoms with Crippen LogP contribution in [-0.4, -0.2) is 42.3 Å². The van der Waals surface area contributed by atoms with Crippen LogP contribution in [0.1, 0.15) is 52.4 Å². The van der Waals surface area contributed by atoms with Crippen molar-refractivity contribution in [2.45, 2.75) is 52.4 Å². The van der Waals surface area contributed by atoms with Crippen LogP contribution >= 0.6 is 0 Å². The first-order chi connectivity index (χ1) is 9.21. The first-order valence-electron chi connectivity index (χ1n) is 7.84. The van der Waals surface area contributed by atoms with Crippen LogP contribution in [0.15, 0.2) is 0 Å². The van der Waals surface area contributed by atoms with Crippen LogP contribution in [0, 0.1) is 11.8 Å². The lowest BCUT2D eigenvalue weighted by molar-refractivity contribution is 0.136. The lowest BCUT2D eigenvalue weighted by Gasteiger charge is -2.31. The van der Waals surface area contributed by atoms with Gasteiger partial charge < -0.3 is 15.3 Å². The second kappa shape index (κ2) is 9.18. The standard InChI is InChI=1S/C15H30N2O2/c1-3-5-6-13(4-2)11-16-15(19)17-9-7-14(12-18)8-10-17/h13-14,18H,3-12H2,1-2H3,(H,16,19). The number of hydrogen-bond donors (Lipinski definition) is 2. The number of nitrogens with one attached hydrogen (secondary N) is 1. The lowest BCUT2D eigenvalue weighted by atomic mass is 9.98. The number of piperidine rings is 1. The van der Waals surface area contributed by atoms with Crippen LogP contribution < -0.4 is 5.32 Å². The minimum absolute atomic E-state index is 0.0753.